The van der Waals surface area contributed by atoms with Gasteiger partial charge < -0.3 is 15.7 Å². The van der Waals surface area contributed by atoms with Crippen molar-refractivity contribution in [3.63, 3.8) is 0 Å². The maximum atomic E-state index is 10.4. The molecule has 1 unspecified atom stereocenters. The Hall–Kier alpha value is -1.01. The SMILES string of the molecule is CCCN1CCN(CC(O)c2ccc(C(N)=S)cc2)CC1. The Balaban J connectivity index is 1.84. The van der Waals surface area contributed by atoms with E-state index in [1.807, 2.05) is 24.3 Å². The van der Waals surface area contributed by atoms with E-state index in [1.165, 1.54) is 13.0 Å². The monoisotopic (exact) mass is 307 g/mol. The first-order valence-corrected chi connectivity index (χ1v) is 8.03. The van der Waals surface area contributed by atoms with E-state index < -0.39 is 6.10 Å². The second-order valence-corrected chi connectivity index (χ2v) is 6.08. The molecule has 0 aromatic heterocycles. The summed E-state index contributed by atoms with van der Waals surface area (Å²) in [7, 11) is 0. The van der Waals surface area contributed by atoms with Crippen LogP contribution in [0, 0.1) is 0 Å². The van der Waals surface area contributed by atoms with Gasteiger partial charge in [-0.2, -0.15) is 0 Å². The van der Waals surface area contributed by atoms with Crippen molar-refractivity contribution < 1.29 is 5.11 Å². The van der Waals surface area contributed by atoms with Gasteiger partial charge in [0.1, 0.15) is 4.99 Å². The highest BCUT2D eigenvalue weighted by atomic mass is 32.1. The molecule has 0 amide bonds. The summed E-state index contributed by atoms with van der Waals surface area (Å²) < 4.78 is 0. The van der Waals surface area contributed by atoms with E-state index in [2.05, 4.69) is 16.7 Å². The largest absolute Gasteiger partial charge is 0.389 e. The van der Waals surface area contributed by atoms with Crippen LogP contribution in [-0.2, 0) is 0 Å². The molecule has 0 bridgehead atoms. The fourth-order valence-electron chi connectivity index (χ4n) is 2.73. The molecule has 1 aliphatic heterocycles. The number of hydrogen-bond acceptors (Lipinski definition) is 4. The summed E-state index contributed by atoms with van der Waals surface area (Å²) in [5.74, 6) is 0. The Kier molecular flexibility index (Phi) is 6.11. The normalized spacial score (nSPS) is 18.6. The molecule has 1 aromatic carbocycles. The molecule has 1 aliphatic rings. The maximum Gasteiger partial charge on any atom is 0.103 e. The fourth-order valence-corrected chi connectivity index (χ4v) is 2.87. The van der Waals surface area contributed by atoms with Crippen molar-refractivity contribution in [1.82, 2.24) is 9.80 Å². The topological polar surface area (TPSA) is 52.7 Å². The number of aliphatic hydroxyl groups is 1. The number of thiocarbonyl (C=S) groups is 1. The van der Waals surface area contributed by atoms with Crippen LogP contribution in [0.15, 0.2) is 24.3 Å². The molecule has 1 aromatic rings. The second-order valence-electron chi connectivity index (χ2n) is 5.64. The van der Waals surface area contributed by atoms with Crippen molar-refractivity contribution in [1.29, 1.82) is 0 Å². The Morgan fingerprint density at radius 2 is 1.76 bits per heavy atom. The lowest BCUT2D eigenvalue weighted by Gasteiger charge is -2.35. The number of β-amino-alcohol motifs (C(OH)–C–C–N with tert-alkyl or cyclic N) is 1. The molecule has 1 fully saturated rings. The standard InChI is InChI=1S/C16H25N3OS/c1-2-7-18-8-10-19(11-9-18)12-15(20)13-3-5-14(6-4-13)16(17)21/h3-6,15,20H,2,7-12H2,1H3,(H2,17,21). The van der Waals surface area contributed by atoms with Gasteiger partial charge in [-0.1, -0.05) is 43.4 Å². The average Bonchev–Trinajstić information content (AvgIpc) is 2.49. The van der Waals surface area contributed by atoms with Gasteiger partial charge in [-0.05, 0) is 18.5 Å². The molecule has 116 valence electrons. The lowest BCUT2D eigenvalue weighted by atomic mass is 10.1. The number of rotatable bonds is 6. The summed E-state index contributed by atoms with van der Waals surface area (Å²) in [6, 6.07) is 7.57. The van der Waals surface area contributed by atoms with E-state index in [0.29, 0.717) is 11.5 Å². The van der Waals surface area contributed by atoms with E-state index in [4.69, 9.17) is 18.0 Å². The number of nitrogens with zero attached hydrogens (tertiary/aromatic N) is 2. The minimum absolute atomic E-state index is 0.392. The van der Waals surface area contributed by atoms with E-state index in [0.717, 1.165) is 37.3 Å². The van der Waals surface area contributed by atoms with Crippen LogP contribution < -0.4 is 5.73 Å². The Morgan fingerprint density at radius 3 is 2.29 bits per heavy atom. The van der Waals surface area contributed by atoms with Crippen LogP contribution in [0.3, 0.4) is 0 Å². The summed E-state index contributed by atoms with van der Waals surface area (Å²) in [4.78, 5) is 5.21. The molecule has 4 nitrogen and oxygen atoms in total. The zero-order chi connectivity index (χ0) is 15.2. The Morgan fingerprint density at radius 1 is 1.19 bits per heavy atom. The molecule has 2 rings (SSSR count). The molecule has 5 heteroatoms. The molecule has 0 radical (unpaired) electrons. The van der Waals surface area contributed by atoms with Crippen LogP contribution in [-0.4, -0.2) is 59.2 Å². The number of hydrogen-bond donors (Lipinski definition) is 2. The van der Waals surface area contributed by atoms with Gasteiger partial charge in [0.25, 0.3) is 0 Å². The molecule has 0 aliphatic carbocycles. The lowest BCUT2D eigenvalue weighted by molar-refractivity contribution is 0.0726. The van der Waals surface area contributed by atoms with Crippen LogP contribution in [0.4, 0.5) is 0 Å². The fraction of sp³-hybridized carbons (Fsp3) is 0.562. The van der Waals surface area contributed by atoms with Gasteiger partial charge in [0.2, 0.25) is 0 Å². The average molecular weight is 307 g/mol. The van der Waals surface area contributed by atoms with Crippen LogP contribution in [0.1, 0.15) is 30.6 Å². The molecule has 1 saturated heterocycles. The summed E-state index contributed by atoms with van der Waals surface area (Å²) in [5.41, 5.74) is 7.35. The van der Waals surface area contributed by atoms with Crippen molar-refractivity contribution in [2.75, 3.05) is 39.3 Å². The van der Waals surface area contributed by atoms with Crippen molar-refractivity contribution in [2.45, 2.75) is 19.4 Å². The lowest BCUT2D eigenvalue weighted by Crippen LogP contribution is -2.47. The molecule has 3 N–H and O–H groups in total. The minimum atomic E-state index is -0.455. The van der Waals surface area contributed by atoms with Crippen LogP contribution in [0.25, 0.3) is 0 Å². The van der Waals surface area contributed by atoms with Gasteiger partial charge in [-0.3, -0.25) is 4.90 Å². The molecule has 21 heavy (non-hydrogen) atoms. The number of nitrogens with two attached hydrogens (primary N) is 1. The number of aliphatic hydroxyl groups excluding tert-OH is 1. The third kappa shape index (κ3) is 4.74. The molecule has 0 spiro atoms. The highest BCUT2D eigenvalue weighted by Gasteiger charge is 2.19. The zero-order valence-corrected chi connectivity index (χ0v) is 13.5. The highest BCUT2D eigenvalue weighted by molar-refractivity contribution is 7.80. The van der Waals surface area contributed by atoms with Gasteiger partial charge >= 0.3 is 0 Å². The first-order chi connectivity index (χ1) is 10.1. The van der Waals surface area contributed by atoms with E-state index in [1.54, 1.807) is 0 Å². The predicted octanol–water partition coefficient (Wildman–Crippen LogP) is 1.38. The van der Waals surface area contributed by atoms with Crippen LogP contribution in [0.5, 0.6) is 0 Å². The quantitative estimate of drug-likeness (QED) is 0.778. The van der Waals surface area contributed by atoms with Crippen molar-refractivity contribution in [2.24, 2.45) is 5.73 Å². The summed E-state index contributed by atoms with van der Waals surface area (Å²) in [5, 5.41) is 10.4. The predicted molar refractivity (Wildman–Crippen MR) is 90.5 cm³/mol. The first-order valence-electron chi connectivity index (χ1n) is 7.62. The maximum absolute atomic E-state index is 10.4. The third-order valence-corrected chi connectivity index (χ3v) is 4.25. The smallest absolute Gasteiger partial charge is 0.103 e. The van der Waals surface area contributed by atoms with Gasteiger partial charge in [0.05, 0.1) is 6.10 Å². The summed E-state index contributed by atoms with van der Waals surface area (Å²) >= 11 is 4.94. The zero-order valence-electron chi connectivity index (χ0n) is 12.7. The Bertz CT molecular complexity index is 455. The van der Waals surface area contributed by atoms with Crippen LogP contribution in [0.2, 0.25) is 0 Å². The van der Waals surface area contributed by atoms with Crippen molar-refractivity contribution in [3.05, 3.63) is 35.4 Å². The van der Waals surface area contributed by atoms with Crippen molar-refractivity contribution >= 4 is 17.2 Å². The molecular weight excluding hydrogens is 282 g/mol. The summed E-state index contributed by atoms with van der Waals surface area (Å²) in [6.07, 6.45) is 0.751. The first kappa shape index (κ1) is 16.4. The van der Waals surface area contributed by atoms with Crippen molar-refractivity contribution in [3.8, 4) is 0 Å². The van der Waals surface area contributed by atoms with Gasteiger partial charge in [-0.15, -0.1) is 0 Å². The highest BCUT2D eigenvalue weighted by Crippen LogP contribution is 2.16. The second kappa shape index (κ2) is 7.84. The Labute approximate surface area is 132 Å². The van der Waals surface area contributed by atoms with E-state index >= 15 is 0 Å². The minimum Gasteiger partial charge on any atom is -0.389 e. The number of piperazine rings is 1. The molecule has 0 saturated carbocycles. The van der Waals surface area contributed by atoms with Gasteiger partial charge in [-0.25, -0.2) is 0 Å². The van der Waals surface area contributed by atoms with Gasteiger partial charge in [0.15, 0.2) is 0 Å². The van der Waals surface area contributed by atoms with E-state index in [-0.39, 0.29) is 0 Å². The molecule has 1 heterocycles. The summed E-state index contributed by atoms with van der Waals surface area (Å²) in [6.45, 7) is 8.34. The molecular formula is C16H25N3OS. The molecule has 1 atom stereocenters. The third-order valence-electron chi connectivity index (χ3n) is 4.02. The van der Waals surface area contributed by atoms with E-state index in [9.17, 15) is 5.11 Å². The van der Waals surface area contributed by atoms with Crippen LogP contribution >= 0.6 is 12.2 Å². The number of benzene rings is 1. The van der Waals surface area contributed by atoms with Gasteiger partial charge in [0, 0.05) is 38.3 Å².